The van der Waals surface area contributed by atoms with E-state index < -0.39 is 24.4 Å². The minimum Gasteiger partial charge on any atom is -0.481 e. The van der Waals surface area contributed by atoms with Gasteiger partial charge in [-0.1, -0.05) is 48.3 Å². The van der Waals surface area contributed by atoms with Crippen LogP contribution in [-0.4, -0.2) is 35.9 Å². The van der Waals surface area contributed by atoms with E-state index >= 15 is 0 Å². The van der Waals surface area contributed by atoms with Crippen LogP contribution in [0.1, 0.15) is 25.8 Å². The van der Waals surface area contributed by atoms with Crippen molar-refractivity contribution >= 4 is 35.0 Å². The lowest BCUT2D eigenvalue weighted by Crippen LogP contribution is -2.50. The Balaban J connectivity index is 2.28. The molecule has 2 aromatic carbocycles. The summed E-state index contributed by atoms with van der Waals surface area (Å²) in [6.07, 6.45) is 0.374. The second-order valence-corrected chi connectivity index (χ2v) is 7.07. The maximum atomic E-state index is 13.8. The van der Waals surface area contributed by atoms with Gasteiger partial charge in [-0.25, -0.2) is 4.39 Å². The van der Waals surface area contributed by atoms with Crippen molar-refractivity contribution in [2.75, 3.05) is 13.2 Å². The summed E-state index contributed by atoms with van der Waals surface area (Å²) in [6.45, 7) is 3.61. The lowest BCUT2D eigenvalue weighted by molar-refractivity contribution is -0.143. The predicted octanol–water partition coefficient (Wildman–Crippen LogP) is 4.45. The quantitative estimate of drug-likeness (QED) is 0.626. The molecular weight excluding hydrogens is 418 g/mol. The summed E-state index contributed by atoms with van der Waals surface area (Å²) in [6, 6.07) is 10.1. The number of halogens is 3. The van der Waals surface area contributed by atoms with Gasteiger partial charge in [-0.05, 0) is 37.6 Å². The molecule has 1 N–H and O–H groups in total. The van der Waals surface area contributed by atoms with Gasteiger partial charge in [0.25, 0.3) is 5.91 Å². The zero-order chi connectivity index (χ0) is 21.4. The van der Waals surface area contributed by atoms with Crippen LogP contribution in [0.4, 0.5) is 4.39 Å². The molecule has 2 rings (SSSR count). The highest BCUT2D eigenvalue weighted by molar-refractivity contribution is 6.36. The molecule has 0 saturated heterocycles. The fraction of sp³-hybridized carbons (Fsp3) is 0.333. The van der Waals surface area contributed by atoms with Gasteiger partial charge in [0, 0.05) is 28.7 Å². The van der Waals surface area contributed by atoms with Crippen LogP contribution in [0.2, 0.25) is 10.0 Å². The third kappa shape index (κ3) is 6.08. The minimum atomic E-state index is -0.751. The van der Waals surface area contributed by atoms with E-state index in [1.165, 1.54) is 23.1 Å². The summed E-state index contributed by atoms with van der Waals surface area (Å²) in [7, 11) is 0. The second kappa shape index (κ2) is 11.0. The van der Waals surface area contributed by atoms with Gasteiger partial charge in [0.1, 0.15) is 6.04 Å². The molecule has 0 radical (unpaired) electrons. The third-order valence-electron chi connectivity index (χ3n) is 4.31. The van der Waals surface area contributed by atoms with Crippen LogP contribution in [0.3, 0.4) is 0 Å². The highest BCUT2D eigenvalue weighted by Crippen LogP contribution is 2.27. The van der Waals surface area contributed by atoms with Crippen molar-refractivity contribution in [1.29, 1.82) is 0 Å². The van der Waals surface area contributed by atoms with Gasteiger partial charge in [-0.2, -0.15) is 0 Å². The van der Waals surface area contributed by atoms with Crippen molar-refractivity contribution in [3.8, 4) is 5.75 Å². The Morgan fingerprint density at radius 2 is 1.76 bits per heavy atom. The maximum absolute atomic E-state index is 13.8. The van der Waals surface area contributed by atoms with E-state index in [0.29, 0.717) is 28.6 Å². The van der Waals surface area contributed by atoms with Crippen LogP contribution in [0.25, 0.3) is 0 Å². The van der Waals surface area contributed by atoms with E-state index in [4.69, 9.17) is 27.9 Å². The van der Waals surface area contributed by atoms with Gasteiger partial charge >= 0.3 is 0 Å². The van der Waals surface area contributed by atoms with Crippen LogP contribution >= 0.6 is 23.2 Å². The van der Waals surface area contributed by atoms with Gasteiger partial charge in [0.2, 0.25) is 5.91 Å². The molecule has 156 valence electrons. The molecule has 0 aliphatic heterocycles. The van der Waals surface area contributed by atoms with E-state index in [1.54, 1.807) is 38.1 Å². The Kier molecular flexibility index (Phi) is 8.73. The van der Waals surface area contributed by atoms with Gasteiger partial charge < -0.3 is 15.0 Å². The number of nitrogens with one attached hydrogen (secondary N) is 1. The summed E-state index contributed by atoms with van der Waals surface area (Å²) in [5, 5.41) is 3.50. The molecule has 8 heteroatoms. The van der Waals surface area contributed by atoms with Gasteiger partial charge in [0.05, 0.1) is 0 Å². The largest absolute Gasteiger partial charge is 0.481 e. The number of hydrogen-bond donors (Lipinski definition) is 1. The molecular formula is C21H23Cl2FN2O3. The number of amides is 2. The van der Waals surface area contributed by atoms with Gasteiger partial charge in [-0.15, -0.1) is 0 Å². The zero-order valence-corrected chi connectivity index (χ0v) is 17.8. The lowest BCUT2D eigenvalue weighted by Gasteiger charge is -2.31. The summed E-state index contributed by atoms with van der Waals surface area (Å²) in [5.41, 5.74) is 0.526. The molecule has 2 amide bonds. The SMILES string of the molecule is CCNC(=O)C(CC)N(Cc1c(Cl)cccc1Cl)C(=O)COc1ccccc1F. The number of hydrogen-bond acceptors (Lipinski definition) is 3. The number of ether oxygens (including phenoxy) is 1. The molecule has 2 aromatic rings. The van der Waals surface area contributed by atoms with E-state index in [2.05, 4.69) is 5.32 Å². The highest BCUT2D eigenvalue weighted by Gasteiger charge is 2.29. The number of rotatable bonds is 9. The maximum Gasteiger partial charge on any atom is 0.261 e. The molecule has 29 heavy (non-hydrogen) atoms. The standard InChI is InChI=1S/C21H23Cl2FN2O3/c1-3-18(21(28)25-4-2)26(12-14-15(22)8-7-9-16(14)23)20(27)13-29-19-11-6-5-10-17(19)24/h5-11,18H,3-4,12-13H2,1-2H3,(H,25,28). The van der Waals surface area contributed by atoms with Crippen molar-refractivity contribution in [1.82, 2.24) is 10.2 Å². The van der Waals surface area contributed by atoms with Gasteiger partial charge in [-0.3, -0.25) is 9.59 Å². The molecule has 0 heterocycles. The molecule has 0 fully saturated rings. The van der Waals surface area contributed by atoms with Crippen molar-refractivity contribution in [2.45, 2.75) is 32.9 Å². The predicted molar refractivity (Wildman–Crippen MR) is 112 cm³/mol. The fourth-order valence-electron chi connectivity index (χ4n) is 2.85. The van der Waals surface area contributed by atoms with Crippen LogP contribution < -0.4 is 10.1 Å². The van der Waals surface area contributed by atoms with E-state index in [1.807, 2.05) is 0 Å². The Hall–Kier alpha value is -2.31. The third-order valence-corrected chi connectivity index (χ3v) is 5.02. The summed E-state index contributed by atoms with van der Waals surface area (Å²) < 4.78 is 19.1. The first kappa shape index (κ1) is 23.0. The normalized spacial score (nSPS) is 11.6. The number of nitrogens with zero attached hydrogens (tertiary/aromatic N) is 1. The molecule has 1 unspecified atom stereocenters. The lowest BCUT2D eigenvalue weighted by atomic mass is 10.1. The van der Waals surface area contributed by atoms with E-state index in [0.717, 1.165) is 0 Å². The zero-order valence-electron chi connectivity index (χ0n) is 16.3. The van der Waals surface area contributed by atoms with Crippen LogP contribution in [0.5, 0.6) is 5.75 Å². The average molecular weight is 441 g/mol. The van der Waals surface area contributed by atoms with Crippen LogP contribution in [0.15, 0.2) is 42.5 Å². The first-order valence-corrected chi connectivity index (χ1v) is 10.0. The highest BCUT2D eigenvalue weighted by atomic mass is 35.5. The summed E-state index contributed by atoms with van der Waals surface area (Å²) in [4.78, 5) is 26.9. The minimum absolute atomic E-state index is 0.0214. The first-order chi connectivity index (χ1) is 13.9. The van der Waals surface area contributed by atoms with Crippen molar-refractivity contribution in [3.05, 3.63) is 63.9 Å². The Morgan fingerprint density at radius 3 is 2.34 bits per heavy atom. The van der Waals surface area contributed by atoms with Crippen LogP contribution in [0, 0.1) is 5.82 Å². The smallest absolute Gasteiger partial charge is 0.261 e. The first-order valence-electron chi connectivity index (χ1n) is 9.26. The number of carbonyl (C=O) groups is 2. The van der Waals surface area contributed by atoms with Crippen LogP contribution in [-0.2, 0) is 16.1 Å². The van der Waals surface area contributed by atoms with Crippen molar-refractivity contribution < 1.29 is 18.7 Å². The molecule has 0 spiro atoms. The van der Waals surface area contributed by atoms with Crippen molar-refractivity contribution in [3.63, 3.8) is 0 Å². The number of benzene rings is 2. The monoisotopic (exact) mass is 440 g/mol. The number of carbonyl (C=O) groups excluding carboxylic acids is 2. The van der Waals surface area contributed by atoms with E-state index in [9.17, 15) is 14.0 Å². The summed E-state index contributed by atoms with van der Waals surface area (Å²) >= 11 is 12.5. The van der Waals surface area contributed by atoms with E-state index in [-0.39, 0.29) is 18.2 Å². The Bertz CT molecular complexity index is 843. The molecule has 0 aliphatic rings. The average Bonchev–Trinajstić information content (AvgIpc) is 2.69. The number of likely N-dealkylation sites (N-methyl/N-ethyl adjacent to an activating group) is 1. The number of para-hydroxylation sites is 1. The molecule has 0 bridgehead atoms. The molecule has 1 atom stereocenters. The fourth-order valence-corrected chi connectivity index (χ4v) is 3.37. The van der Waals surface area contributed by atoms with Gasteiger partial charge in [0.15, 0.2) is 18.2 Å². The molecule has 0 saturated carbocycles. The molecule has 0 aromatic heterocycles. The second-order valence-electron chi connectivity index (χ2n) is 6.26. The molecule has 0 aliphatic carbocycles. The Morgan fingerprint density at radius 1 is 1.10 bits per heavy atom. The summed E-state index contributed by atoms with van der Waals surface area (Å²) in [5.74, 6) is -1.39. The molecule has 5 nitrogen and oxygen atoms in total. The Labute approximate surface area is 179 Å². The van der Waals surface area contributed by atoms with Crippen molar-refractivity contribution in [2.24, 2.45) is 0 Å². The topological polar surface area (TPSA) is 58.6 Å².